The van der Waals surface area contributed by atoms with Crippen LogP contribution < -0.4 is 19.5 Å². The van der Waals surface area contributed by atoms with E-state index in [2.05, 4.69) is 41.8 Å². The normalized spacial score (nSPS) is 25.6. The number of nitrogens with zero attached hydrogens (tertiary/aromatic N) is 1. The molecule has 264 valence electrons. The Kier molecular flexibility index (Phi) is 10.5. The van der Waals surface area contributed by atoms with Crippen LogP contribution in [0.4, 0.5) is 0 Å². The summed E-state index contributed by atoms with van der Waals surface area (Å²) in [4.78, 5) is 29.8. The molecule has 0 spiro atoms. The Hall–Kier alpha value is -3.33. The van der Waals surface area contributed by atoms with Gasteiger partial charge in [0.15, 0.2) is 28.6 Å². The van der Waals surface area contributed by atoms with Gasteiger partial charge in [-0.15, -0.1) is 0 Å². The molecule has 0 saturated heterocycles. The number of para-hydroxylation sites is 1. The third kappa shape index (κ3) is 6.76. The van der Waals surface area contributed by atoms with Crippen molar-refractivity contribution in [3.05, 3.63) is 62.9 Å². The zero-order valence-corrected chi connectivity index (χ0v) is 30.4. The largest absolute Gasteiger partial charge is 0.493 e. The van der Waals surface area contributed by atoms with Crippen LogP contribution in [-0.2, 0) is 11.4 Å². The number of aliphatic hydroxyl groups excluding tert-OH is 3. The minimum atomic E-state index is -1.24. The monoisotopic (exact) mass is 788 g/mol. The van der Waals surface area contributed by atoms with E-state index in [0.717, 1.165) is 19.3 Å². The van der Waals surface area contributed by atoms with Gasteiger partial charge in [-0.2, -0.15) is 0 Å². The summed E-state index contributed by atoms with van der Waals surface area (Å²) in [6.07, 6.45) is 2.52. The number of carbonyl (C=O) groups excluding carboxylic acids is 2. The summed E-state index contributed by atoms with van der Waals surface area (Å²) in [6.45, 7) is 4.60. The molecule has 3 fully saturated rings. The van der Waals surface area contributed by atoms with Gasteiger partial charge in [0.1, 0.15) is 12.2 Å². The number of methoxy groups -OCH3 is 2. The Morgan fingerprint density at radius 3 is 2.55 bits per heavy atom. The van der Waals surface area contributed by atoms with Gasteiger partial charge < -0.3 is 44.2 Å². The average molecular weight is 789 g/mol. The standard InChI is InChI=1S/C37H45IN2O9/c1-37(2)24-9-8-22(25(37)17-24)18-40(36(45)31-15-21-6-5-7-28(46-3)33(21)49-31)27-14-23(35(44)39-10-11-41)16-29(32(27)43)48-34-26(38)12-20(19-42)13-30(34)47-4/h5-7,12-13,15-16,22,24-25,27,29,32,41-43H,8-11,14,17-19H2,1-4H3,(H,39,44). The van der Waals surface area contributed by atoms with Crippen molar-refractivity contribution in [2.75, 3.05) is 33.9 Å². The van der Waals surface area contributed by atoms with Crippen molar-refractivity contribution < 1.29 is 43.5 Å². The molecule has 6 unspecified atom stereocenters. The number of aliphatic hydroxyl groups is 3. The van der Waals surface area contributed by atoms with Crippen LogP contribution >= 0.6 is 22.6 Å². The maximum absolute atomic E-state index is 14.7. The van der Waals surface area contributed by atoms with Gasteiger partial charge in [0, 0.05) is 30.5 Å². The van der Waals surface area contributed by atoms with Gasteiger partial charge >= 0.3 is 0 Å². The number of halogens is 1. The number of nitrogens with one attached hydrogen (secondary N) is 1. The molecular weight excluding hydrogens is 743 g/mol. The first-order valence-corrected chi connectivity index (χ1v) is 17.9. The van der Waals surface area contributed by atoms with Crippen molar-refractivity contribution in [1.29, 1.82) is 0 Å². The summed E-state index contributed by atoms with van der Waals surface area (Å²) >= 11 is 2.08. The lowest BCUT2D eigenvalue weighted by Crippen LogP contribution is -2.59. The Morgan fingerprint density at radius 2 is 1.88 bits per heavy atom. The van der Waals surface area contributed by atoms with Gasteiger partial charge in [-0.1, -0.05) is 26.0 Å². The molecule has 6 atom stereocenters. The van der Waals surface area contributed by atoms with Crippen LogP contribution in [0.1, 0.15) is 55.6 Å². The number of hydrogen-bond acceptors (Lipinski definition) is 9. The lowest BCUT2D eigenvalue weighted by Gasteiger charge is -2.61. The second kappa shape index (κ2) is 14.5. The number of amides is 2. The first kappa shape index (κ1) is 35.5. The SMILES string of the molecule is COc1cc(CO)cc(I)c1OC1C=C(C(=O)NCCO)CC(N(CC2CCC3CC2C3(C)C)C(=O)c2cc3cccc(OC)c3o2)C1O. The van der Waals surface area contributed by atoms with Crippen molar-refractivity contribution in [3.63, 3.8) is 0 Å². The van der Waals surface area contributed by atoms with E-state index in [1.54, 1.807) is 42.4 Å². The highest BCUT2D eigenvalue weighted by atomic mass is 127. The number of benzene rings is 2. The highest BCUT2D eigenvalue weighted by Gasteiger charge is 2.55. The highest BCUT2D eigenvalue weighted by molar-refractivity contribution is 14.1. The Bertz CT molecular complexity index is 1730. The maximum Gasteiger partial charge on any atom is 0.289 e. The first-order chi connectivity index (χ1) is 23.5. The van der Waals surface area contributed by atoms with Crippen LogP contribution in [0.2, 0.25) is 0 Å². The maximum atomic E-state index is 14.7. The van der Waals surface area contributed by atoms with E-state index in [-0.39, 0.29) is 43.3 Å². The van der Waals surface area contributed by atoms with Crippen LogP contribution in [0, 0.1) is 26.7 Å². The Labute approximate surface area is 299 Å². The molecule has 0 aliphatic heterocycles. The molecule has 3 aromatic rings. The summed E-state index contributed by atoms with van der Waals surface area (Å²) < 4.78 is 24.3. The molecule has 12 heteroatoms. The lowest BCUT2D eigenvalue weighted by molar-refractivity contribution is -0.120. The lowest BCUT2D eigenvalue weighted by atomic mass is 9.45. The van der Waals surface area contributed by atoms with E-state index in [1.807, 2.05) is 12.1 Å². The fourth-order valence-corrected chi connectivity index (χ4v) is 8.93. The molecule has 0 radical (unpaired) electrons. The van der Waals surface area contributed by atoms with Gasteiger partial charge in [-0.05, 0) is 101 Å². The van der Waals surface area contributed by atoms with E-state index in [0.29, 0.717) is 61.3 Å². The first-order valence-electron chi connectivity index (χ1n) is 16.8. The third-order valence-corrected chi connectivity index (χ3v) is 11.8. The molecule has 4 aliphatic carbocycles. The molecule has 3 saturated carbocycles. The molecule has 4 aliphatic rings. The van der Waals surface area contributed by atoms with Crippen molar-refractivity contribution >= 4 is 45.4 Å². The molecule has 1 heterocycles. The van der Waals surface area contributed by atoms with E-state index >= 15 is 0 Å². The molecule has 2 amide bonds. The van der Waals surface area contributed by atoms with Crippen LogP contribution in [0.25, 0.3) is 11.0 Å². The predicted octanol–water partition coefficient (Wildman–Crippen LogP) is 4.68. The van der Waals surface area contributed by atoms with Crippen LogP contribution in [-0.4, -0.2) is 84.2 Å². The predicted molar refractivity (Wildman–Crippen MR) is 191 cm³/mol. The average Bonchev–Trinajstić information content (AvgIpc) is 3.55. The van der Waals surface area contributed by atoms with Crippen LogP contribution in [0.15, 0.2) is 52.5 Å². The van der Waals surface area contributed by atoms with Crippen molar-refractivity contribution in [3.8, 4) is 17.2 Å². The summed E-state index contributed by atoms with van der Waals surface area (Å²) in [6, 6.07) is 9.71. The van der Waals surface area contributed by atoms with Gasteiger partial charge in [-0.25, -0.2) is 0 Å². The molecule has 7 rings (SSSR count). The zero-order chi connectivity index (χ0) is 35.0. The van der Waals surface area contributed by atoms with Crippen LogP contribution in [0.3, 0.4) is 0 Å². The second-order valence-electron chi connectivity index (χ2n) is 13.9. The molecule has 1 aromatic heterocycles. The summed E-state index contributed by atoms with van der Waals surface area (Å²) in [5.74, 6) is 1.79. The topological polar surface area (TPSA) is 151 Å². The zero-order valence-electron chi connectivity index (χ0n) is 28.3. The number of carbonyl (C=O) groups is 2. The molecule has 11 nitrogen and oxygen atoms in total. The molecular formula is C37H45IN2O9. The molecule has 49 heavy (non-hydrogen) atoms. The van der Waals surface area contributed by atoms with E-state index in [4.69, 9.17) is 18.6 Å². The summed E-state index contributed by atoms with van der Waals surface area (Å²) in [5, 5.41) is 34.7. The minimum Gasteiger partial charge on any atom is -0.493 e. The number of furan rings is 1. The molecule has 2 bridgehead atoms. The quantitative estimate of drug-likeness (QED) is 0.192. The van der Waals surface area contributed by atoms with Gasteiger partial charge in [0.2, 0.25) is 5.91 Å². The van der Waals surface area contributed by atoms with E-state index in [1.165, 1.54) is 7.11 Å². The van der Waals surface area contributed by atoms with E-state index < -0.39 is 30.1 Å². The van der Waals surface area contributed by atoms with Crippen molar-refractivity contribution in [2.45, 2.75) is 64.4 Å². The number of ether oxygens (including phenoxy) is 3. The number of hydrogen-bond donors (Lipinski definition) is 4. The summed E-state index contributed by atoms with van der Waals surface area (Å²) in [7, 11) is 3.03. The molecule has 2 aromatic carbocycles. The number of fused-ring (bicyclic) bond motifs is 3. The van der Waals surface area contributed by atoms with Crippen molar-refractivity contribution in [1.82, 2.24) is 10.2 Å². The Balaban J connectivity index is 1.40. The number of rotatable bonds is 12. The fraction of sp³-hybridized carbons (Fsp3) is 0.514. The van der Waals surface area contributed by atoms with Gasteiger partial charge in [-0.3, -0.25) is 9.59 Å². The molecule has 4 N–H and O–H groups in total. The Morgan fingerprint density at radius 1 is 1.10 bits per heavy atom. The second-order valence-corrected chi connectivity index (χ2v) is 15.1. The van der Waals surface area contributed by atoms with Crippen LogP contribution in [0.5, 0.6) is 17.2 Å². The fourth-order valence-electron chi connectivity index (χ4n) is 8.14. The van der Waals surface area contributed by atoms with Crippen molar-refractivity contribution in [2.24, 2.45) is 23.2 Å². The minimum absolute atomic E-state index is 0.0483. The summed E-state index contributed by atoms with van der Waals surface area (Å²) in [5.41, 5.74) is 1.57. The third-order valence-electron chi connectivity index (χ3n) is 11.0. The highest BCUT2D eigenvalue weighted by Crippen LogP contribution is 2.61. The van der Waals surface area contributed by atoms with Gasteiger partial charge in [0.25, 0.3) is 5.91 Å². The smallest absolute Gasteiger partial charge is 0.289 e. The van der Waals surface area contributed by atoms with E-state index in [9.17, 15) is 24.9 Å². The van der Waals surface area contributed by atoms with Gasteiger partial charge in [0.05, 0.1) is 37.0 Å².